The fourth-order valence-electron chi connectivity index (χ4n) is 7.04. The van der Waals surface area contributed by atoms with E-state index < -0.39 is 65.2 Å². The number of benzene rings is 1. The third-order valence-electron chi connectivity index (χ3n) is 9.64. The van der Waals surface area contributed by atoms with Crippen molar-refractivity contribution in [3.8, 4) is 0 Å². The average Bonchev–Trinajstić information content (AvgIpc) is 3.49. The van der Waals surface area contributed by atoms with E-state index in [4.69, 9.17) is 4.74 Å². The molecule has 3 N–H and O–H groups in total. The van der Waals surface area contributed by atoms with E-state index in [1.165, 1.54) is 29.5 Å². The first-order valence-corrected chi connectivity index (χ1v) is 18.0. The molecule has 1 saturated heterocycles. The molecule has 0 spiro atoms. The Hall–Kier alpha value is -5.54. The van der Waals surface area contributed by atoms with E-state index in [1.54, 1.807) is 45.1 Å². The maximum Gasteiger partial charge on any atom is 0.433 e. The van der Waals surface area contributed by atoms with Crippen LogP contribution in [0.15, 0.2) is 49.6 Å². The number of pyridine rings is 1. The number of likely N-dealkylation sites (tertiary alicyclic amines) is 1. The number of alkyl halides is 3. The molecule has 2 fully saturated rings. The molecule has 55 heavy (non-hydrogen) atoms. The van der Waals surface area contributed by atoms with E-state index in [9.17, 15) is 37.1 Å². The standard InChI is InChI=1S/C39H46F3N7O6/c1-8-10-11-13-30(51)43-21-38-18-27(35(53)46-34-22(3)14-15-28(45-34)39(40,41)42)49(29(38)19-38)31(52)20-48-33-24(12-9-2)16-25(44-36(54)55-37(5,6)7)17-26(33)32(47-48)23(4)50/h8-9,14-17,27,29H,1-2,10-13,18-21H2,3-7H3,(H,43,51)(H,44,54)(H,45,46,53)/t27-,29+,38-/m0/s1. The Kier molecular flexibility index (Phi) is 11.6. The largest absolute Gasteiger partial charge is 0.444 e. The van der Waals surface area contributed by atoms with Gasteiger partial charge in [-0.25, -0.2) is 9.78 Å². The average molecular weight is 766 g/mol. The maximum atomic E-state index is 14.4. The first-order chi connectivity index (χ1) is 25.8. The second kappa shape index (κ2) is 15.7. The third-order valence-corrected chi connectivity index (χ3v) is 9.64. The second-order valence-electron chi connectivity index (χ2n) is 15.1. The van der Waals surface area contributed by atoms with Crippen LogP contribution < -0.4 is 16.0 Å². The highest BCUT2D eigenvalue weighted by Crippen LogP contribution is 2.59. The fraction of sp³-hybridized carbons (Fsp3) is 0.462. The minimum atomic E-state index is -4.75. The van der Waals surface area contributed by atoms with Crippen molar-refractivity contribution in [2.75, 3.05) is 17.2 Å². The quantitative estimate of drug-likeness (QED) is 0.0951. The fourth-order valence-corrected chi connectivity index (χ4v) is 7.04. The maximum absolute atomic E-state index is 14.4. The lowest BCUT2D eigenvalue weighted by atomic mass is 9.98. The van der Waals surface area contributed by atoms with E-state index in [-0.39, 0.29) is 43.2 Å². The lowest BCUT2D eigenvalue weighted by Gasteiger charge is -2.27. The van der Waals surface area contributed by atoms with E-state index in [1.807, 2.05) is 0 Å². The van der Waals surface area contributed by atoms with Gasteiger partial charge in [-0.1, -0.05) is 18.2 Å². The number of hydrogen-bond donors (Lipinski definition) is 3. The van der Waals surface area contributed by atoms with Gasteiger partial charge in [-0.3, -0.25) is 29.2 Å². The van der Waals surface area contributed by atoms with Crippen LogP contribution in [0, 0.1) is 12.3 Å². The lowest BCUT2D eigenvalue weighted by molar-refractivity contribution is -0.141. The number of nitrogens with one attached hydrogen (secondary N) is 3. The molecule has 1 aromatic carbocycles. The number of amides is 4. The van der Waals surface area contributed by atoms with Gasteiger partial charge in [0.15, 0.2) is 5.78 Å². The van der Waals surface area contributed by atoms with Gasteiger partial charge < -0.3 is 20.3 Å². The molecule has 2 aromatic heterocycles. The molecule has 2 aliphatic rings. The summed E-state index contributed by atoms with van der Waals surface area (Å²) in [6.45, 7) is 15.3. The highest BCUT2D eigenvalue weighted by atomic mass is 19.4. The molecular formula is C39H46F3N7O6. The monoisotopic (exact) mass is 765 g/mol. The smallest absolute Gasteiger partial charge is 0.433 e. The molecule has 1 saturated carbocycles. The van der Waals surface area contributed by atoms with Crippen LogP contribution in [0.25, 0.3) is 10.9 Å². The van der Waals surface area contributed by atoms with Crippen molar-refractivity contribution in [1.29, 1.82) is 0 Å². The summed E-state index contributed by atoms with van der Waals surface area (Å²) in [5.41, 5.74) is -0.902. The minimum absolute atomic E-state index is 0.0442. The molecule has 3 aromatic rings. The Morgan fingerprint density at radius 3 is 2.42 bits per heavy atom. The summed E-state index contributed by atoms with van der Waals surface area (Å²) in [4.78, 5) is 71.5. The Morgan fingerprint density at radius 1 is 1.05 bits per heavy atom. The first kappa shape index (κ1) is 40.6. The molecule has 16 heteroatoms. The molecule has 0 unspecified atom stereocenters. The zero-order valence-corrected chi connectivity index (χ0v) is 31.6. The number of aryl methyl sites for hydroxylation is 1. The van der Waals surface area contributed by atoms with Gasteiger partial charge >= 0.3 is 12.3 Å². The number of piperidine rings is 1. The summed E-state index contributed by atoms with van der Waals surface area (Å²) >= 11 is 0. The third kappa shape index (κ3) is 9.23. The van der Waals surface area contributed by atoms with Crippen molar-refractivity contribution in [3.05, 3.63) is 72.1 Å². The van der Waals surface area contributed by atoms with E-state index in [2.05, 4.69) is 39.2 Å². The van der Waals surface area contributed by atoms with E-state index in [0.717, 1.165) is 6.07 Å². The van der Waals surface area contributed by atoms with Gasteiger partial charge in [-0.05, 0) is 89.1 Å². The van der Waals surface area contributed by atoms with Gasteiger partial charge in [0.25, 0.3) is 0 Å². The lowest BCUT2D eigenvalue weighted by Crippen LogP contribution is -2.47. The number of allylic oxidation sites excluding steroid dienone is 2. The van der Waals surface area contributed by atoms with Crippen LogP contribution in [0.4, 0.5) is 29.5 Å². The van der Waals surface area contributed by atoms with Crippen molar-refractivity contribution in [2.45, 2.75) is 104 Å². The molecule has 3 heterocycles. The molecule has 0 radical (unpaired) electrons. The number of Topliss-reactive ketones (excluding diaryl/α,β-unsaturated/α-hetero) is 1. The zero-order valence-electron chi connectivity index (χ0n) is 31.6. The van der Waals surface area contributed by atoms with Crippen LogP contribution in [-0.2, 0) is 38.3 Å². The van der Waals surface area contributed by atoms with E-state index >= 15 is 0 Å². The van der Waals surface area contributed by atoms with Crippen LogP contribution in [0.3, 0.4) is 0 Å². The van der Waals surface area contributed by atoms with Crippen LogP contribution in [0.2, 0.25) is 0 Å². The molecule has 294 valence electrons. The van der Waals surface area contributed by atoms with Gasteiger partial charge in [0.1, 0.15) is 35.4 Å². The van der Waals surface area contributed by atoms with Gasteiger partial charge in [0.05, 0.1) is 5.52 Å². The Morgan fingerprint density at radius 2 is 1.78 bits per heavy atom. The summed E-state index contributed by atoms with van der Waals surface area (Å²) < 4.78 is 47.3. The molecule has 4 amide bonds. The van der Waals surface area contributed by atoms with Crippen LogP contribution in [-0.4, -0.2) is 73.5 Å². The number of ketones is 1. The number of aromatic nitrogens is 3. The van der Waals surface area contributed by atoms with Crippen molar-refractivity contribution < 1.29 is 41.9 Å². The summed E-state index contributed by atoms with van der Waals surface area (Å²) in [7, 11) is 0. The number of halogens is 3. The number of carbonyl (C=O) groups excluding carboxylic acids is 5. The number of carbonyl (C=O) groups is 5. The number of unbranched alkanes of at least 4 members (excludes halogenated alkanes) is 1. The summed E-state index contributed by atoms with van der Waals surface area (Å²) in [5, 5.41) is 13.0. The Labute approximate surface area is 316 Å². The molecule has 3 atom stereocenters. The number of nitrogens with zero attached hydrogens (tertiary/aromatic N) is 4. The molecule has 5 rings (SSSR count). The van der Waals surface area contributed by atoms with Crippen LogP contribution in [0.1, 0.15) is 87.1 Å². The van der Waals surface area contributed by atoms with Gasteiger partial charge in [-0.2, -0.15) is 18.3 Å². The first-order valence-electron chi connectivity index (χ1n) is 18.0. The number of fused-ring (bicyclic) bond motifs is 2. The second-order valence-corrected chi connectivity index (χ2v) is 15.1. The highest BCUT2D eigenvalue weighted by Gasteiger charge is 2.67. The predicted molar refractivity (Wildman–Crippen MR) is 199 cm³/mol. The molecular weight excluding hydrogens is 719 g/mol. The highest BCUT2D eigenvalue weighted by molar-refractivity contribution is 6.07. The number of anilines is 2. The SMILES string of the molecule is C=CCCCC(=O)NC[C@@]12C[C@@H](C(=O)Nc3nc(C(F)(F)F)ccc3C)N(C(=O)Cn3nc(C(C)=O)c4cc(NC(=O)OC(C)(C)C)cc(CC=C)c43)[C@@H]1C2. The number of hydrogen-bond acceptors (Lipinski definition) is 8. The minimum Gasteiger partial charge on any atom is -0.444 e. The van der Waals surface area contributed by atoms with Crippen molar-refractivity contribution in [2.24, 2.45) is 5.41 Å². The molecule has 1 aliphatic heterocycles. The topological polar surface area (TPSA) is 165 Å². The summed E-state index contributed by atoms with van der Waals surface area (Å²) in [6, 6.07) is 3.67. The van der Waals surface area contributed by atoms with Gasteiger partial charge in [-0.15, -0.1) is 13.2 Å². The van der Waals surface area contributed by atoms with Gasteiger partial charge in [0.2, 0.25) is 17.7 Å². The normalized spacial score (nSPS) is 19.0. The zero-order chi connectivity index (χ0) is 40.5. The predicted octanol–water partition coefficient (Wildman–Crippen LogP) is 6.51. The Balaban J connectivity index is 1.48. The van der Waals surface area contributed by atoms with Crippen molar-refractivity contribution in [3.63, 3.8) is 0 Å². The Bertz CT molecular complexity index is 2050. The van der Waals surface area contributed by atoms with Crippen LogP contribution in [0.5, 0.6) is 0 Å². The van der Waals surface area contributed by atoms with Crippen molar-refractivity contribution in [1.82, 2.24) is 25.0 Å². The summed E-state index contributed by atoms with van der Waals surface area (Å²) in [6.07, 6.45) is 0.314. The molecule has 13 nitrogen and oxygen atoms in total. The number of ether oxygens (including phenoxy) is 1. The van der Waals surface area contributed by atoms with Gasteiger partial charge in [0, 0.05) is 42.4 Å². The summed E-state index contributed by atoms with van der Waals surface area (Å²) in [5.74, 6) is -2.14. The van der Waals surface area contributed by atoms with Crippen LogP contribution >= 0.6 is 0 Å². The van der Waals surface area contributed by atoms with Crippen molar-refractivity contribution >= 4 is 52.0 Å². The molecule has 0 bridgehead atoms. The van der Waals surface area contributed by atoms with E-state index in [0.29, 0.717) is 47.0 Å². The number of rotatable bonds is 14. The molecule has 1 aliphatic carbocycles.